The molecule has 9 heteroatoms. The smallest absolute Gasteiger partial charge is 0.294 e. The number of carbonyl (C=O) groups is 1. The van der Waals surface area contributed by atoms with Gasteiger partial charge in [0.05, 0.1) is 10.6 Å². The summed E-state index contributed by atoms with van der Waals surface area (Å²) < 4.78 is 45.6. The van der Waals surface area contributed by atoms with Crippen molar-refractivity contribution >= 4 is 27.3 Å². The van der Waals surface area contributed by atoms with Gasteiger partial charge in [-0.3, -0.25) is 9.10 Å². The van der Waals surface area contributed by atoms with Gasteiger partial charge < -0.3 is 9.84 Å². The first-order valence-corrected chi connectivity index (χ1v) is 11.0. The molecule has 1 aromatic heterocycles. The Bertz CT molecular complexity index is 1370. The molecular weight excluding hydrogens is 433 g/mol. The molecular formula is C23H18FN3O4S. The molecule has 32 heavy (non-hydrogen) atoms. The van der Waals surface area contributed by atoms with Crippen LogP contribution in [0.5, 0.6) is 0 Å². The molecule has 0 saturated carbocycles. The quantitative estimate of drug-likeness (QED) is 0.464. The summed E-state index contributed by atoms with van der Waals surface area (Å²) in [4.78, 5) is 12.6. The molecule has 0 aliphatic carbocycles. The van der Waals surface area contributed by atoms with Crippen LogP contribution in [0.15, 0.2) is 94.3 Å². The molecule has 1 heterocycles. The van der Waals surface area contributed by atoms with Gasteiger partial charge in [-0.1, -0.05) is 41.6 Å². The molecule has 4 aromatic rings. The minimum atomic E-state index is -3.84. The standard InChI is InChI=1S/C23H18FN3O4S/c1-27(19-10-3-2-4-11-19)32(29,30)20-12-6-9-18(14-20)25-23(28)22-15-21(26-31-22)16-7-5-8-17(24)13-16/h2-15H,1H3,(H,25,28). The summed E-state index contributed by atoms with van der Waals surface area (Å²) in [6.45, 7) is 0. The van der Waals surface area contributed by atoms with Crippen LogP contribution < -0.4 is 9.62 Å². The predicted molar refractivity (Wildman–Crippen MR) is 118 cm³/mol. The summed E-state index contributed by atoms with van der Waals surface area (Å²) in [5.74, 6) is -1.15. The van der Waals surface area contributed by atoms with Crippen molar-refractivity contribution in [1.29, 1.82) is 0 Å². The van der Waals surface area contributed by atoms with E-state index in [-0.39, 0.29) is 16.3 Å². The first-order chi connectivity index (χ1) is 15.3. The maximum Gasteiger partial charge on any atom is 0.294 e. The number of carbonyl (C=O) groups excluding carboxylic acids is 1. The number of aromatic nitrogens is 1. The molecule has 0 bridgehead atoms. The molecule has 162 valence electrons. The van der Waals surface area contributed by atoms with Crippen molar-refractivity contribution in [3.63, 3.8) is 0 Å². The van der Waals surface area contributed by atoms with Crippen molar-refractivity contribution in [3.8, 4) is 11.3 Å². The van der Waals surface area contributed by atoms with Gasteiger partial charge in [0.2, 0.25) is 5.76 Å². The second kappa shape index (κ2) is 8.64. The molecule has 0 saturated heterocycles. The number of hydrogen-bond donors (Lipinski definition) is 1. The number of benzene rings is 3. The van der Waals surface area contributed by atoms with E-state index in [1.807, 2.05) is 0 Å². The van der Waals surface area contributed by atoms with E-state index in [1.165, 1.54) is 49.5 Å². The fourth-order valence-corrected chi connectivity index (χ4v) is 4.27. The van der Waals surface area contributed by atoms with Crippen molar-refractivity contribution in [2.24, 2.45) is 0 Å². The number of anilines is 2. The second-order valence-electron chi connectivity index (χ2n) is 6.88. The highest BCUT2D eigenvalue weighted by Gasteiger charge is 2.22. The lowest BCUT2D eigenvalue weighted by Crippen LogP contribution is -2.26. The summed E-state index contributed by atoms with van der Waals surface area (Å²) in [5.41, 5.74) is 1.54. The molecule has 0 spiro atoms. The molecule has 1 amide bonds. The van der Waals surface area contributed by atoms with Crippen LogP contribution in [0.2, 0.25) is 0 Å². The third-order valence-corrected chi connectivity index (χ3v) is 6.51. The maximum atomic E-state index is 13.4. The average Bonchev–Trinajstić information content (AvgIpc) is 3.30. The Morgan fingerprint density at radius 1 is 0.969 bits per heavy atom. The van der Waals surface area contributed by atoms with Gasteiger partial charge in [0.15, 0.2) is 0 Å². The van der Waals surface area contributed by atoms with E-state index in [0.717, 1.165) is 4.31 Å². The zero-order chi connectivity index (χ0) is 22.7. The number of rotatable bonds is 6. The first-order valence-electron chi connectivity index (χ1n) is 9.53. The Morgan fingerprint density at radius 3 is 2.47 bits per heavy atom. The molecule has 7 nitrogen and oxygen atoms in total. The number of hydrogen-bond acceptors (Lipinski definition) is 5. The summed E-state index contributed by atoms with van der Waals surface area (Å²) in [7, 11) is -2.38. The fraction of sp³-hybridized carbons (Fsp3) is 0.0435. The van der Waals surface area contributed by atoms with Gasteiger partial charge in [-0.2, -0.15) is 0 Å². The van der Waals surface area contributed by atoms with E-state index >= 15 is 0 Å². The van der Waals surface area contributed by atoms with Gasteiger partial charge >= 0.3 is 0 Å². The fourth-order valence-electron chi connectivity index (χ4n) is 3.03. The number of nitrogens with zero attached hydrogens (tertiary/aromatic N) is 2. The summed E-state index contributed by atoms with van der Waals surface area (Å²) in [5, 5.41) is 6.39. The highest BCUT2D eigenvalue weighted by atomic mass is 32.2. The molecule has 0 unspecified atom stereocenters. The van der Waals surface area contributed by atoms with Crippen LogP contribution in [-0.4, -0.2) is 26.5 Å². The van der Waals surface area contributed by atoms with Gasteiger partial charge in [0.1, 0.15) is 11.5 Å². The number of para-hydroxylation sites is 1. The molecule has 1 N–H and O–H groups in total. The zero-order valence-electron chi connectivity index (χ0n) is 16.9. The molecule has 4 rings (SSSR count). The summed E-state index contributed by atoms with van der Waals surface area (Å²) in [6, 6.07) is 21.7. The lowest BCUT2D eigenvalue weighted by molar-refractivity contribution is 0.0988. The summed E-state index contributed by atoms with van der Waals surface area (Å²) >= 11 is 0. The summed E-state index contributed by atoms with van der Waals surface area (Å²) in [6.07, 6.45) is 0. The number of amides is 1. The van der Waals surface area contributed by atoms with E-state index < -0.39 is 21.7 Å². The number of sulfonamides is 1. The SMILES string of the molecule is CN(c1ccccc1)S(=O)(=O)c1cccc(NC(=O)c2cc(-c3cccc(F)c3)no2)c1. The monoisotopic (exact) mass is 451 g/mol. The van der Waals surface area contributed by atoms with Gasteiger partial charge in [0, 0.05) is 24.4 Å². The first kappa shape index (κ1) is 21.3. The number of halogens is 1. The lowest BCUT2D eigenvalue weighted by Gasteiger charge is -2.19. The topological polar surface area (TPSA) is 92.5 Å². The minimum absolute atomic E-state index is 0.0136. The van der Waals surface area contributed by atoms with Gasteiger partial charge in [-0.05, 0) is 42.5 Å². The Hall–Kier alpha value is -3.98. The van der Waals surface area contributed by atoms with Crippen LogP contribution in [0.3, 0.4) is 0 Å². The molecule has 0 atom stereocenters. The van der Waals surface area contributed by atoms with Crippen molar-refractivity contribution in [2.75, 3.05) is 16.7 Å². The highest BCUT2D eigenvalue weighted by Crippen LogP contribution is 2.25. The Labute approximate surface area is 184 Å². The van der Waals surface area contributed by atoms with E-state index in [9.17, 15) is 17.6 Å². The Kier molecular flexibility index (Phi) is 5.74. The van der Waals surface area contributed by atoms with Crippen molar-refractivity contribution < 1.29 is 22.1 Å². The average molecular weight is 451 g/mol. The van der Waals surface area contributed by atoms with E-state index in [4.69, 9.17) is 4.52 Å². The third-order valence-electron chi connectivity index (χ3n) is 4.72. The van der Waals surface area contributed by atoms with E-state index in [0.29, 0.717) is 16.9 Å². The molecule has 0 aliphatic rings. The maximum absolute atomic E-state index is 13.4. The largest absolute Gasteiger partial charge is 0.350 e. The van der Waals surface area contributed by atoms with Crippen LogP contribution in [0.1, 0.15) is 10.6 Å². The van der Waals surface area contributed by atoms with Crippen LogP contribution in [0.4, 0.5) is 15.8 Å². The zero-order valence-corrected chi connectivity index (χ0v) is 17.7. The van der Waals surface area contributed by atoms with Gasteiger partial charge in [-0.15, -0.1) is 0 Å². The Morgan fingerprint density at radius 2 is 1.72 bits per heavy atom. The third kappa shape index (κ3) is 4.37. The second-order valence-corrected chi connectivity index (χ2v) is 8.85. The van der Waals surface area contributed by atoms with Crippen molar-refractivity contribution in [3.05, 3.63) is 96.5 Å². The van der Waals surface area contributed by atoms with Gasteiger partial charge in [0.25, 0.3) is 15.9 Å². The van der Waals surface area contributed by atoms with E-state index in [1.54, 1.807) is 42.5 Å². The number of nitrogens with one attached hydrogen (secondary N) is 1. The normalized spacial score (nSPS) is 11.2. The molecule has 0 aliphatic heterocycles. The predicted octanol–water partition coefficient (Wildman–Crippen LogP) is 4.56. The van der Waals surface area contributed by atoms with Crippen molar-refractivity contribution in [2.45, 2.75) is 4.90 Å². The lowest BCUT2D eigenvalue weighted by atomic mass is 10.1. The Balaban J connectivity index is 1.54. The van der Waals surface area contributed by atoms with Crippen LogP contribution in [0.25, 0.3) is 11.3 Å². The molecule has 0 fully saturated rings. The molecule has 3 aromatic carbocycles. The molecule has 0 radical (unpaired) electrons. The highest BCUT2D eigenvalue weighted by molar-refractivity contribution is 7.92. The van der Waals surface area contributed by atoms with Crippen LogP contribution >= 0.6 is 0 Å². The van der Waals surface area contributed by atoms with Crippen LogP contribution in [0, 0.1) is 5.82 Å². The van der Waals surface area contributed by atoms with Gasteiger partial charge in [-0.25, -0.2) is 12.8 Å². The van der Waals surface area contributed by atoms with Crippen molar-refractivity contribution in [1.82, 2.24) is 5.16 Å². The minimum Gasteiger partial charge on any atom is -0.350 e. The van der Waals surface area contributed by atoms with Crippen LogP contribution in [-0.2, 0) is 10.0 Å². The van der Waals surface area contributed by atoms with E-state index in [2.05, 4.69) is 10.5 Å².